The SMILES string of the molecule is COc1ccc(S(=O)(=O)NCc2ccc3c(c2)CCCO3)c(C)c1. The molecule has 1 heterocycles. The number of methoxy groups -OCH3 is 1. The van der Waals surface area contributed by atoms with Crippen molar-refractivity contribution in [2.24, 2.45) is 0 Å². The standard InChI is InChI=1S/C18H21NO4S/c1-13-10-16(22-2)6-8-18(13)24(20,21)19-12-14-5-7-17-15(11-14)4-3-9-23-17/h5-8,10-11,19H,3-4,9,12H2,1-2H3. The van der Waals surface area contributed by atoms with Gasteiger partial charge in [-0.3, -0.25) is 0 Å². The Morgan fingerprint density at radius 3 is 2.79 bits per heavy atom. The smallest absolute Gasteiger partial charge is 0.241 e. The van der Waals surface area contributed by atoms with E-state index in [-0.39, 0.29) is 11.4 Å². The van der Waals surface area contributed by atoms with Gasteiger partial charge < -0.3 is 9.47 Å². The Bertz CT molecular complexity index is 846. The number of hydrogen-bond acceptors (Lipinski definition) is 4. The summed E-state index contributed by atoms with van der Waals surface area (Å²) in [5.74, 6) is 1.54. The molecular weight excluding hydrogens is 326 g/mol. The second kappa shape index (κ2) is 6.83. The van der Waals surface area contributed by atoms with Crippen LogP contribution in [0.3, 0.4) is 0 Å². The van der Waals surface area contributed by atoms with Gasteiger partial charge in [-0.15, -0.1) is 0 Å². The van der Waals surface area contributed by atoms with E-state index >= 15 is 0 Å². The maximum absolute atomic E-state index is 12.5. The molecule has 128 valence electrons. The van der Waals surface area contributed by atoms with E-state index in [1.807, 2.05) is 18.2 Å². The van der Waals surface area contributed by atoms with Crippen molar-refractivity contribution in [3.8, 4) is 11.5 Å². The Labute approximate surface area is 142 Å². The Balaban J connectivity index is 1.76. The van der Waals surface area contributed by atoms with Crippen LogP contribution in [0.15, 0.2) is 41.3 Å². The summed E-state index contributed by atoms with van der Waals surface area (Å²) in [6, 6.07) is 10.8. The van der Waals surface area contributed by atoms with Gasteiger partial charge in [0.15, 0.2) is 0 Å². The van der Waals surface area contributed by atoms with Crippen molar-refractivity contribution >= 4 is 10.0 Å². The number of rotatable bonds is 5. The monoisotopic (exact) mass is 347 g/mol. The topological polar surface area (TPSA) is 64.6 Å². The predicted molar refractivity (Wildman–Crippen MR) is 92.0 cm³/mol. The van der Waals surface area contributed by atoms with E-state index in [0.717, 1.165) is 36.3 Å². The molecule has 5 nitrogen and oxygen atoms in total. The fourth-order valence-corrected chi connectivity index (χ4v) is 4.07. The van der Waals surface area contributed by atoms with Crippen molar-refractivity contribution in [1.29, 1.82) is 0 Å². The van der Waals surface area contributed by atoms with Crippen LogP contribution < -0.4 is 14.2 Å². The number of ether oxygens (including phenoxy) is 2. The Kier molecular flexibility index (Phi) is 4.78. The van der Waals surface area contributed by atoms with Crippen LogP contribution in [0.1, 0.15) is 23.1 Å². The summed E-state index contributed by atoms with van der Waals surface area (Å²) in [6.07, 6.45) is 1.96. The lowest BCUT2D eigenvalue weighted by atomic mass is 10.0. The van der Waals surface area contributed by atoms with Crippen LogP contribution in [0.25, 0.3) is 0 Å². The molecule has 0 amide bonds. The first-order valence-corrected chi connectivity index (χ1v) is 9.37. The molecule has 6 heteroatoms. The highest BCUT2D eigenvalue weighted by molar-refractivity contribution is 7.89. The fourth-order valence-electron chi connectivity index (χ4n) is 2.83. The minimum atomic E-state index is -3.57. The second-order valence-electron chi connectivity index (χ2n) is 5.85. The van der Waals surface area contributed by atoms with E-state index in [1.165, 1.54) is 0 Å². The van der Waals surface area contributed by atoms with Crippen molar-refractivity contribution < 1.29 is 17.9 Å². The predicted octanol–water partition coefficient (Wildman–Crippen LogP) is 2.81. The number of nitrogens with one attached hydrogen (secondary N) is 1. The second-order valence-corrected chi connectivity index (χ2v) is 7.59. The number of hydrogen-bond donors (Lipinski definition) is 1. The lowest BCUT2D eigenvalue weighted by Crippen LogP contribution is -2.24. The summed E-state index contributed by atoms with van der Waals surface area (Å²) in [5, 5.41) is 0. The van der Waals surface area contributed by atoms with Gasteiger partial charge in [-0.2, -0.15) is 0 Å². The Morgan fingerprint density at radius 1 is 1.21 bits per heavy atom. The molecule has 1 aliphatic heterocycles. The number of benzene rings is 2. The van der Waals surface area contributed by atoms with Crippen LogP contribution >= 0.6 is 0 Å². The third-order valence-corrected chi connectivity index (χ3v) is 5.67. The zero-order valence-electron chi connectivity index (χ0n) is 13.8. The lowest BCUT2D eigenvalue weighted by molar-refractivity contribution is 0.288. The van der Waals surface area contributed by atoms with Gasteiger partial charge in [-0.25, -0.2) is 13.1 Å². The fraction of sp³-hybridized carbons (Fsp3) is 0.333. The van der Waals surface area contributed by atoms with Crippen LogP contribution in [0.4, 0.5) is 0 Å². The molecule has 3 rings (SSSR count). The number of sulfonamides is 1. The molecular formula is C18H21NO4S. The summed E-state index contributed by atoms with van der Waals surface area (Å²) >= 11 is 0. The maximum Gasteiger partial charge on any atom is 0.241 e. The van der Waals surface area contributed by atoms with Crippen molar-refractivity contribution in [2.45, 2.75) is 31.2 Å². The molecule has 1 aliphatic rings. The highest BCUT2D eigenvalue weighted by Gasteiger charge is 2.17. The Hall–Kier alpha value is -2.05. The molecule has 1 N–H and O–H groups in total. The van der Waals surface area contributed by atoms with Crippen molar-refractivity contribution in [3.05, 3.63) is 53.1 Å². The van der Waals surface area contributed by atoms with E-state index < -0.39 is 10.0 Å². The third kappa shape index (κ3) is 3.55. The summed E-state index contributed by atoms with van der Waals surface area (Å²) in [4.78, 5) is 0.268. The first-order valence-electron chi connectivity index (χ1n) is 7.88. The van der Waals surface area contributed by atoms with Gasteiger partial charge in [-0.05, 0) is 60.7 Å². The average Bonchev–Trinajstić information content (AvgIpc) is 2.59. The van der Waals surface area contributed by atoms with E-state index in [4.69, 9.17) is 9.47 Å². The number of aryl methyl sites for hydroxylation is 2. The van der Waals surface area contributed by atoms with E-state index in [9.17, 15) is 8.42 Å². The van der Waals surface area contributed by atoms with Gasteiger partial charge in [-0.1, -0.05) is 12.1 Å². The lowest BCUT2D eigenvalue weighted by Gasteiger charge is -2.18. The number of fused-ring (bicyclic) bond motifs is 1. The van der Waals surface area contributed by atoms with Gasteiger partial charge in [0, 0.05) is 6.54 Å². The molecule has 0 bridgehead atoms. The third-order valence-electron chi connectivity index (χ3n) is 4.11. The van der Waals surface area contributed by atoms with Crippen LogP contribution in [0.2, 0.25) is 0 Å². The molecule has 0 atom stereocenters. The van der Waals surface area contributed by atoms with Gasteiger partial charge in [0.25, 0.3) is 0 Å². The zero-order chi connectivity index (χ0) is 17.2. The minimum Gasteiger partial charge on any atom is -0.497 e. The largest absolute Gasteiger partial charge is 0.497 e. The molecule has 0 fully saturated rings. The highest BCUT2D eigenvalue weighted by atomic mass is 32.2. The molecule has 24 heavy (non-hydrogen) atoms. The minimum absolute atomic E-state index is 0.251. The molecule has 0 aliphatic carbocycles. The first-order chi connectivity index (χ1) is 11.5. The Morgan fingerprint density at radius 2 is 2.04 bits per heavy atom. The molecule has 0 saturated carbocycles. The normalized spacial score (nSPS) is 13.9. The van der Waals surface area contributed by atoms with Crippen molar-refractivity contribution in [1.82, 2.24) is 4.72 Å². The first kappa shape index (κ1) is 16.8. The van der Waals surface area contributed by atoms with Gasteiger partial charge in [0.05, 0.1) is 18.6 Å². The van der Waals surface area contributed by atoms with Crippen molar-refractivity contribution in [2.75, 3.05) is 13.7 Å². The van der Waals surface area contributed by atoms with Crippen LogP contribution in [0.5, 0.6) is 11.5 Å². The van der Waals surface area contributed by atoms with Crippen LogP contribution in [-0.4, -0.2) is 22.1 Å². The van der Waals surface area contributed by atoms with E-state index in [1.54, 1.807) is 32.2 Å². The van der Waals surface area contributed by atoms with Crippen LogP contribution in [0, 0.1) is 6.92 Å². The molecule has 2 aromatic carbocycles. The summed E-state index contributed by atoms with van der Waals surface area (Å²) < 4.78 is 38.4. The highest BCUT2D eigenvalue weighted by Crippen LogP contribution is 2.26. The maximum atomic E-state index is 12.5. The zero-order valence-corrected chi connectivity index (χ0v) is 14.7. The quantitative estimate of drug-likeness (QED) is 0.903. The molecule has 0 saturated heterocycles. The average molecular weight is 347 g/mol. The summed E-state index contributed by atoms with van der Waals surface area (Å²) in [5.41, 5.74) is 2.72. The summed E-state index contributed by atoms with van der Waals surface area (Å²) in [7, 11) is -2.02. The van der Waals surface area contributed by atoms with Gasteiger partial charge in [0.2, 0.25) is 10.0 Å². The molecule has 0 aromatic heterocycles. The van der Waals surface area contributed by atoms with Crippen LogP contribution in [-0.2, 0) is 23.0 Å². The molecule has 2 aromatic rings. The molecule has 0 spiro atoms. The van der Waals surface area contributed by atoms with E-state index in [0.29, 0.717) is 11.3 Å². The van der Waals surface area contributed by atoms with Gasteiger partial charge in [0.1, 0.15) is 11.5 Å². The summed E-state index contributed by atoms with van der Waals surface area (Å²) in [6.45, 7) is 2.75. The van der Waals surface area contributed by atoms with Gasteiger partial charge >= 0.3 is 0 Å². The molecule has 0 radical (unpaired) electrons. The van der Waals surface area contributed by atoms with E-state index in [2.05, 4.69) is 4.72 Å². The molecule has 0 unspecified atom stereocenters. The van der Waals surface area contributed by atoms with Crippen molar-refractivity contribution in [3.63, 3.8) is 0 Å².